The molecule has 16 heavy (non-hydrogen) atoms. The molecule has 92 valence electrons. The molecule has 0 saturated heterocycles. The predicted octanol–water partition coefficient (Wildman–Crippen LogP) is 4.25. The summed E-state index contributed by atoms with van der Waals surface area (Å²) in [5.41, 5.74) is 8.80. The molecule has 1 nitrogen and oxygen atoms in total. The first-order valence-electron chi connectivity index (χ1n) is 6.12. The van der Waals surface area contributed by atoms with Crippen LogP contribution in [0.2, 0.25) is 0 Å². The highest BCUT2D eigenvalue weighted by Crippen LogP contribution is 2.17. The number of hydrogen-bond acceptors (Lipinski definition) is 1. The Bertz CT molecular complexity index is 269. The van der Waals surface area contributed by atoms with Crippen molar-refractivity contribution in [2.45, 2.75) is 52.0 Å². The van der Waals surface area contributed by atoms with Crippen LogP contribution in [0.3, 0.4) is 0 Å². The van der Waals surface area contributed by atoms with Gasteiger partial charge in [0, 0.05) is 6.04 Å². The minimum Gasteiger partial charge on any atom is -0.324 e. The van der Waals surface area contributed by atoms with Gasteiger partial charge in [0.2, 0.25) is 0 Å². The van der Waals surface area contributed by atoms with Crippen LogP contribution in [0.15, 0.2) is 24.3 Å². The van der Waals surface area contributed by atoms with E-state index in [0.717, 1.165) is 12.8 Å². The second kappa shape index (κ2) is 8.60. The van der Waals surface area contributed by atoms with E-state index in [0.29, 0.717) is 0 Å². The van der Waals surface area contributed by atoms with Gasteiger partial charge in [0.05, 0.1) is 0 Å². The first-order chi connectivity index (χ1) is 7.27. The van der Waals surface area contributed by atoms with Crippen molar-refractivity contribution in [3.63, 3.8) is 0 Å². The summed E-state index contributed by atoms with van der Waals surface area (Å²) in [6.45, 7) is 4.40. The van der Waals surface area contributed by atoms with Gasteiger partial charge in [-0.25, -0.2) is 0 Å². The molecule has 0 unspecified atom stereocenters. The van der Waals surface area contributed by atoms with Crippen LogP contribution >= 0.6 is 12.4 Å². The summed E-state index contributed by atoms with van der Waals surface area (Å²) in [5, 5.41) is 0. The Morgan fingerprint density at radius 1 is 1.06 bits per heavy atom. The van der Waals surface area contributed by atoms with Crippen LogP contribution in [-0.4, -0.2) is 0 Å². The summed E-state index contributed by atoms with van der Waals surface area (Å²) in [6, 6.07) is 8.96. The van der Waals surface area contributed by atoms with Crippen molar-refractivity contribution in [3.8, 4) is 0 Å². The number of aryl methyl sites for hydroxylation is 1. The highest BCUT2D eigenvalue weighted by Gasteiger charge is 2.04. The fraction of sp³-hybridized carbons (Fsp3) is 0.571. The van der Waals surface area contributed by atoms with Crippen LogP contribution < -0.4 is 5.73 Å². The molecule has 0 aliphatic carbocycles. The monoisotopic (exact) mass is 241 g/mol. The second-order valence-electron chi connectivity index (χ2n) is 4.20. The maximum atomic E-state index is 6.13. The summed E-state index contributed by atoms with van der Waals surface area (Å²) in [7, 11) is 0. The summed E-state index contributed by atoms with van der Waals surface area (Å²) < 4.78 is 0. The summed E-state index contributed by atoms with van der Waals surface area (Å²) in [5.74, 6) is 0. The van der Waals surface area contributed by atoms with Crippen LogP contribution in [0.25, 0.3) is 0 Å². The molecule has 0 aromatic heterocycles. The molecule has 1 aromatic rings. The van der Waals surface area contributed by atoms with Crippen molar-refractivity contribution in [3.05, 3.63) is 35.4 Å². The number of halogens is 1. The van der Waals surface area contributed by atoms with Crippen molar-refractivity contribution in [1.82, 2.24) is 0 Å². The lowest BCUT2D eigenvalue weighted by atomic mass is 10.00. The molecular weight excluding hydrogens is 218 g/mol. The van der Waals surface area contributed by atoms with Gasteiger partial charge in [0.1, 0.15) is 0 Å². The quantitative estimate of drug-likeness (QED) is 0.741. The topological polar surface area (TPSA) is 26.0 Å². The van der Waals surface area contributed by atoms with E-state index >= 15 is 0 Å². The Balaban J connectivity index is 0.00000225. The molecule has 1 aromatic carbocycles. The molecule has 0 bridgehead atoms. The average molecular weight is 242 g/mol. The summed E-state index contributed by atoms with van der Waals surface area (Å²) in [4.78, 5) is 0. The maximum Gasteiger partial charge on any atom is 0.0294 e. The van der Waals surface area contributed by atoms with E-state index in [9.17, 15) is 0 Å². The third kappa shape index (κ3) is 5.00. The minimum atomic E-state index is 0. The SMILES string of the molecule is CCCCC[C@@H](N)c1ccc(CC)cc1.Cl. The van der Waals surface area contributed by atoms with Gasteiger partial charge in [0.15, 0.2) is 0 Å². The van der Waals surface area contributed by atoms with Crippen LogP contribution in [0.4, 0.5) is 0 Å². The largest absolute Gasteiger partial charge is 0.324 e. The highest BCUT2D eigenvalue weighted by atomic mass is 35.5. The molecule has 1 atom stereocenters. The standard InChI is InChI=1S/C14H23N.ClH/c1-3-5-6-7-14(15)13-10-8-12(4-2)9-11-13;/h8-11,14H,3-7,15H2,1-2H3;1H/t14-;/m1./s1. The maximum absolute atomic E-state index is 6.13. The normalized spacial score (nSPS) is 11.9. The zero-order valence-corrected chi connectivity index (χ0v) is 11.2. The van der Waals surface area contributed by atoms with Gasteiger partial charge in [0.25, 0.3) is 0 Å². The number of rotatable bonds is 6. The van der Waals surface area contributed by atoms with E-state index in [1.807, 2.05) is 0 Å². The minimum absolute atomic E-state index is 0. The lowest BCUT2D eigenvalue weighted by Crippen LogP contribution is -2.09. The molecular formula is C14H24ClN. The van der Waals surface area contributed by atoms with Gasteiger partial charge in [-0.2, -0.15) is 0 Å². The molecule has 1 rings (SSSR count). The lowest BCUT2D eigenvalue weighted by Gasteiger charge is -2.12. The first kappa shape index (κ1) is 15.5. The molecule has 0 spiro atoms. The smallest absolute Gasteiger partial charge is 0.0294 e. The molecule has 0 fully saturated rings. The van der Waals surface area contributed by atoms with Crippen molar-refractivity contribution < 1.29 is 0 Å². The molecule has 2 N–H and O–H groups in total. The van der Waals surface area contributed by atoms with Crippen LogP contribution in [-0.2, 0) is 6.42 Å². The summed E-state index contributed by atoms with van der Waals surface area (Å²) >= 11 is 0. The Kier molecular flexibility index (Phi) is 8.32. The Morgan fingerprint density at radius 3 is 2.19 bits per heavy atom. The van der Waals surface area contributed by atoms with Gasteiger partial charge >= 0.3 is 0 Å². The third-order valence-corrected chi connectivity index (χ3v) is 2.93. The van der Waals surface area contributed by atoms with Crippen molar-refractivity contribution in [2.75, 3.05) is 0 Å². The number of nitrogens with two attached hydrogens (primary N) is 1. The first-order valence-corrected chi connectivity index (χ1v) is 6.12. The predicted molar refractivity (Wildman–Crippen MR) is 74.1 cm³/mol. The molecule has 0 radical (unpaired) electrons. The molecule has 0 aliphatic heterocycles. The Hall–Kier alpha value is -0.530. The van der Waals surface area contributed by atoms with Crippen molar-refractivity contribution in [1.29, 1.82) is 0 Å². The van der Waals surface area contributed by atoms with E-state index in [-0.39, 0.29) is 18.4 Å². The summed E-state index contributed by atoms with van der Waals surface area (Å²) in [6.07, 6.45) is 6.01. The fourth-order valence-electron chi connectivity index (χ4n) is 1.78. The van der Waals surface area contributed by atoms with E-state index in [2.05, 4.69) is 38.1 Å². The number of hydrogen-bond donors (Lipinski definition) is 1. The molecule has 2 heteroatoms. The molecule has 0 heterocycles. The van der Waals surface area contributed by atoms with Gasteiger partial charge in [-0.05, 0) is 24.0 Å². The van der Waals surface area contributed by atoms with Crippen LogP contribution in [0, 0.1) is 0 Å². The molecule has 0 amide bonds. The van der Waals surface area contributed by atoms with Crippen LogP contribution in [0.5, 0.6) is 0 Å². The van der Waals surface area contributed by atoms with Crippen molar-refractivity contribution in [2.24, 2.45) is 5.73 Å². The fourth-order valence-corrected chi connectivity index (χ4v) is 1.78. The van der Waals surface area contributed by atoms with Gasteiger partial charge in [-0.1, -0.05) is 57.4 Å². The third-order valence-electron chi connectivity index (χ3n) is 2.93. The van der Waals surface area contributed by atoms with Crippen LogP contribution in [0.1, 0.15) is 56.7 Å². The second-order valence-corrected chi connectivity index (χ2v) is 4.20. The van der Waals surface area contributed by atoms with E-state index in [1.54, 1.807) is 0 Å². The highest BCUT2D eigenvalue weighted by molar-refractivity contribution is 5.85. The van der Waals surface area contributed by atoms with Gasteiger partial charge < -0.3 is 5.73 Å². The lowest BCUT2D eigenvalue weighted by molar-refractivity contribution is 0.581. The zero-order chi connectivity index (χ0) is 11.1. The Morgan fingerprint density at radius 2 is 1.69 bits per heavy atom. The zero-order valence-electron chi connectivity index (χ0n) is 10.4. The van der Waals surface area contributed by atoms with E-state index < -0.39 is 0 Å². The van der Waals surface area contributed by atoms with Crippen molar-refractivity contribution >= 4 is 12.4 Å². The number of unbranched alkanes of at least 4 members (excludes halogenated alkanes) is 2. The van der Waals surface area contributed by atoms with Gasteiger partial charge in [-0.3, -0.25) is 0 Å². The Labute approximate surface area is 106 Å². The number of benzene rings is 1. The molecule has 0 saturated carbocycles. The average Bonchev–Trinajstić information content (AvgIpc) is 2.29. The molecule has 0 aliphatic rings. The van der Waals surface area contributed by atoms with E-state index in [4.69, 9.17) is 5.73 Å². The van der Waals surface area contributed by atoms with E-state index in [1.165, 1.54) is 30.4 Å². The van der Waals surface area contributed by atoms with Gasteiger partial charge in [-0.15, -0.1) is 12.4 Å².